The van der Waals surface area contributed by atoms with Crippen LogP contribution in [0.4, 0.5) is 13.2 Å². The molecule has 0 unspecified atom stereocenters. The fourth-order valence-electron chi connectivity index (χ4n) is 1.71. The first-order chi connectivity index (χ1) is 9.96. The minimum atomic E-state index is -4.36. The number of carbonyl (C=O) groups excluding carboxylic acids is 1. The van der Waals surface area contributed by atoms with Crippen LogP contribution in [0.3, 0.4) is 0 Å². The van der Waals surface area contributed by atoms with Gasteiger partial charge in [0.2, 0.25) is 0 Å². The van der Waals surface area contributed by atoms with Gasteiger partial charge in [-0.1, -0.05) is 24.3 Å². The van der Waals surface area contributed by atoms with Crippen molar-refractivity contribution in [3.05, 3.63) is 42.1 Å². The molecule has 1 aromatic carbocycles. The Hall–Kier alpha value is -2.15. The molecule has 0 saturated heterocycles. The first kappa shape index (κ1) is 15.2. The number of fused-ring (bicyclic) bond motifs is 1. The summed E-state index contributed by atoms with van der Waals surface area (Å²) in [5, 5.41) is 3.36. The summed E-state index contributed by atoms with van der Waals surface area (Å²) in [7, 11) is 0. The molecule has 1 N–H and O–H groups in total. The molecule has 0 bridgehead atoms. The molecule has 0 fully saturated rings. The molecule has 0 radical (unpaired) electrons. The molecule has 2 aromatic rings. The van der Waals surface area contributed by atoms with Crippen molar-refractivity contribution >= 4 is 16.8 Å². The van der Waals surface area contributed by atoms with Gasteiger partial charge in [-0.2, -0.15) is 13.2 Å². The highest BCUT2D eigenvalue weighted by Gasteiger charge is 2.27. The number of pyridine rings is 1. The van der Waals surface area contributed by atoms with Crippen molar-refractivity contribution in [3.8, 4) is 0 Å². The van der Waals surface area contributed by atoms with Crippen LogP contribution >= 0.6 is 0 Å². The van der Waals surface area contributed by atoms with Crippen molar-refractivity contribution in [1.82, 2.24) is 10.3 Å². The average Bonchev–Trinajstić information content (AvgIpc) is 2.45. The number of halogens is 3. The summed E-state index contributed by atoms with van der Waals surface area (Å²) in [6.45, 7) is -1.54. The van der Waals surface area contributed by atoms with E-state index in [1.54, 1.807) is 18.2 Å². The lowest BCUT2D eigenvalue weighted by atomic mass is 10.2. The Morgan fingerprint density at radius 2 is 1.95 bits per heavy atom. The molecule has 1 aromatic heterocycles. The van der Waals surface area contributed by atoms with Crippen LogP contribution in [0.15, 0.2) is 36.4 Å². The molecule has 1 amide bonds. The van der Waals surface area contributed by atoms with Gasteiger partial charge in [-0.25, -0.2) is 4.98 Å². The van der Waals surface area contributed by atoms with E-state index >= 15 is 0 Å². The monoisotopic (exact) mass is 298 g/mol. The lowest BCUT2D eigenvalue weighted by molar-refractivity contribution is -0.173. The van der Waals surface area contributed by atoms with Gasteiger partial charge < -0.3 is 10.1 Å². The number of benzene rings is 1. The summed E-state index contributed by atoms with van der Waals surface area (Å²) in [4.78, 5) is 16.0. The van der Waals surface area contributed by atoms with Gasteiger partial charge >= 0.3 is 6.18 Å². The number of nitrogens with one attached hydrogen (secondary N) is 1. The Balaban J connectivity index is 1.85. The molecular formula is C14H13F3N2O2. The smallest absolute Gasteiger partial charge is 0.370 e. The summed E-state index contributed by atoms with van der Waals surface area (Å²) in [5.74, 6) is -0.448. The van der Waals surface area contributed by atoms with E-state index in [0.717, 1.165) is 5.39 Å². The zero-order valence-corrected chi connectivity index (χ0v) is 11.0. The predicted octanol–water partition coefficient (Wildman–Crippen LogP) is 2.54. The van der Waals surface area contributed by atoms with Gasteiger partial charge in [-0.15, -0.1) is 0 Å². The SMILES string of the molecule is O=C(NCCOCC(F)(F)F)c1ccc2ccccc2n1. The molecule has 112 valence electrons. The standard InChI is InChI=1S/C14H13F3N2O2/c15-14(16,17)9-21-8-7-18-13(20)12-6-5-10-3-1-2-4-11(10)19-12/h1-6H,7-9H2,(H,18,20). The molecule has 0 saturated carbocycles. The number of amides is 1. The first-order valence-electron chi connectivity index (χ1n) is 6.24. The topological polar surface area (TPSA) is 51.2 Å². The second-order valence-corrected chi connectivity index (χ2v) is 4.31. The summed E-state index contributed by atoms with van der Waals surface area (Å²) in [5.41, 5.74) is 0.892. The number of nitrogens with zero attached hydrogens (tertiary/aromatic N) is 1. The van der Waals surface area contributed by atoms with Crippen molar-refractivity contribution in [2.45, 2.75) is 6.18 Å². The van der Waals surface area contributed by atoms with Crippen LogP contribution in [-0.2, 0) is 4.74 Å². The number of para-hydroxylation sites is 1. The molecule has 0 aliphatic heterocycles. The summed E-state index contributed by atoms with van der Waals surface area (Å²) in [6, 6.07) is 10.6. The Kier molecular flexibility index (Phi) is 4.74. The van der Waals surface area contributed by atoms with E-state index in [4.69, 9.17) is 0 Å². The van der Waals surface area contributed by atoms with Gasteiger partial charge in [0.05, 0.1) is 12.1 Å². The predicted molar refractivity (Wildman–Crippen MR) is 71.0 cm³/mol. The highest BCUT2D eigenvalue weighted by atomic mass is 19.4. The number of hydrogen-bond donors (Lipinski definition) is 1. The Labute approximate surface area is 118 Å². The Morgan fingerprint density at radius 1 is 1.19 bits per heavy atom. The molecule has 7 heteroatoms. The maximum Gasteiger partial charge on any atom is 0.411 e. The van der Waals surface area contributed by atoms with Crippen LogP contribution in [-0.4, -0.2) is 36.8 Å². The van der Waals surface area contributed by atoms with E-state index in [2.05, 4.69) is 15.0 Å². The van der Waals surface area contributed by atoms with E-state index in [-0.39, 0.29) is 18.8 Å². The van der Waals surface area contributed by atoms with E-state index < -0.39 is 18.7 Å². The second-order valence-electron chi connectivity index (χ2n) is 4.31. The van der Waals surface area contributed by atoms with Crippen LogP contribution in [0, 0.1) is 0 Å². The summed E-state index contributed by atoms with van der Waals surface area (Å²) in [6.07, 6.45) is -4.36. The zero-order valence-electron chi connectivity index (χ0n) is 11.0. The maximum absolute atomic E-state index is 11.8. The van der Waals surface area contributed by atoms with Gasteiger partial charge in [0.25, 0.3) is 5.91 Å². The summed E-state index contributed by atoms with van der Waals surface area (Å²) < 4.78 is 39.9. The molecule has 2 rings (SSSR count). The third-order valence-corrected chi connectivity index (χ3v) is 2.63. The van der Waals surface area contributed by atoms with Gasteiger partial charge in [-0.05, 0) is 12.1 Å². The Morgan fingerprint density at radius 3 is 2.71 bits per heavy atom. The molecule has 0 aliphatic rings. The van der Waals surface area contributed by atoms with Crippen molar-refractivity contribution in [2.75, 3.05) is 19.8 Å². The van der Waals surface area contributed by atoms with E-state index in [1.165, 1.54) is 0 Å². The summed E-state index contributed by atoms with van der Waals surface area (Å²) >= 11 is 0. The molecule has 4 nitrogen and oxygen atoms in total. The lowest BCUT2D eigenvalue weighted by Gasteiger charge is -2.08. The van der Waals surface area contributed by atoms with Gasteiger partial charge in [0, 0.05) is 11.9 Å². The Bertz CT molecular complexity index is 629. The minimum absolute atomic E-state index is 0.0105. The van der Waals surface area contributed by atoms with Crippen LogP contribution < -0.4 is 5.32 Å². The quantitative estimate of drug-likeness (QED) is 0.863. The second kappa shape index (κ2) is 6.53. The normalized spacial score (nSPS) is 11.6. The van der Waals surface area contributed by atoms with Gasteiger partial charge in [0.1, 0.15) is 12.3 Å². The molecular weight excluding hydrogens is 285 g/mol. The fourth-order valence-corrected chi connectivity index (χ4v) is 1.71. The average molecular weight is 298 g/mol. The van der Waals surface area contributed by atoms with Crippen LogP contribution in [0.1, 0.15) is 10.5 Å². The third kappa shape index (κ3) is 4.71. The van der Waals surface area contributed by atoms with Crippen molar-refractivity contribution in [1.29, 1.82) is 0 Å². The molecule has 1 heterocycles. The highest BCUT2D eigenvalue weighted by Crippen LogP contribution is 2.14. The van der Waals surface area contributed by atoms with Crippen LogP contribution in [0.25, 0.3) is 10.9 Å². The number of ether oxygens (including phenoxy) is 1. The lowest BCUT2D eigenvalue weighted by Crippen LogP contribution is -2.29. The van der Waals surface area contributed by atoms with E-state index in [9.17, 15) is 18.0 Å². The molecule has 21 heavy (non-hydrogen) atoms. The van der Waals surface area contributed by atoms with Gasteiger partial charge in [-0.3, -0.25) is 4.79 Å². The zero-order chi connectivity index (χ0) is 15.3. The number of aromatic nitrogens is 1. The number of hydrogen-bond acceptors (Lipinski definition) is 3. The molecule has 0 aliphatic carbocycles. The number of carbonyl (C=O) groups is 1. The fraction of sp³-hybridized carbons (Fsp3) is 0.286. The third-order valence-electron chi connectivity index (χ3n) is 2.63. The highest BCUT2D eigenvalue weighted by molar-refractivity contribution is 5.94. The van der Waals surface area contributed by atoms with Crippen LogP contribution in [0.5, 0.6) is 0 Å². The first-order valence-corrected chi connectivity index (χ1v) is 6.24. The van der Waals surface area contributed by atoms with Crippen molar-refractivity contribution in [2.24, 2.45) is 0 Å². The van der Waals surface area contributed by atoms with Crippen LogP contribution in [0.2, 0.25) is 0 Å². The van der Waals surface area contributed by atoms with Crippen molar-refractivity contribution in [3.63, 3.8) is 0 Å². The maximum atomic E-state index is 11.8. The van der Waals surface area contributed by atoms with E-state index in [1.807, 2.05) is 18.2 Å². The largest absolute Gasteiger partial charge is 0.411 e. The number of rotatable bonds is 5. The molecule has 0 spiro atoms. The van der Waals surface area contributed by atoms with Gasteiger partial charge in [0.15, 0.2) is 0 Å². The van der Waals surface area contributed by atoms with Crippen molar-refractivity contribution < 1.29 is 22.7 Å². The number of alkyl halides is 3. The molecule has 0 atom stereocenters. The van der Waals surface area contributed by atoms with E-state index in [0.29, 0.717) is 5.52 Å². The minimum Gasteiger partial charge on any atom is -0.370 e.